The summed E-state index contributed by atoms with van der Waals surface area (Å²) in [7, 11) is 1.31. The third-order valence-electron chi connectivity index (χ3n) is 4.69. The maximum atomic E-state index is 12.5. The van der Waals surface area contributed by atoms with Crippen molar-refractivity contribution in [1.82, 2.24) is 14.5 Å². The summed E-state index contributed by atoms with van der Waals surface area (Å²) in [6, 6.07) is 6.93. The fourth-order valence-electron chi connectivity index (χ4n) is 3.53. The predicted octanol–water partition coefficient (Wildman–Crippen LogP) is 2.30. The number of ether oxygens (including phenoxy) is 2. The number of piperidine rings is 1. The van der Waals surface area contributed by atoms with Gasteiger partial charge in [0.25, 0.3) is 0 Å². The van der Waals surface area contributed by atoms with E-state index in [4.69, 9.17) is 9.47 Å². The van der Waals surface area contributed by atoms with Crippen LogP contribution in [0.2, 0.25) is 0 Å². The van der Waals surface area contributed by atoms with Crippen LogP contribution in [0.15, 0.2) is 29.1 Å². The van der Waals surface area contributed by atoms with E-state index in [0.717, 1.165) is 5.52 Å². The van der Waals surface area contributed by atoms with Crippen LogP contribution in [0.1, 0.15) is 33.2 Å². The Labute approximate surface area is 157 Å². The van der Waals surface area contributed by atoms with E-state index in [-0.39, 0.29) is 12.2 Å². The van der Waals surface area contributed by atoms with Gasteiger partial charge in [-0.2, -0.15) is 0 Å². The van der Waals surface area contributed by atoms with Crippen LogP contribution >= 0.6 is 0 Å². The molecule has 0 unspecified atom stereocenters. The molecule has 1 aromatic heterocycles. The number of imidazole rings is 1. The minimum Gasteiger partial charge on any atom is -0.469 e. The Bertz CT molecular complexity index is 908. The molecule has 1 aliphatic rings. The number of nitrogens with one attached hydrogen (secondary N) is 1. The van der Waals surface area contributed by atoms with Crippen molar-refractivity contribution >= 4 is 23.1 Å². The Morgan fingerprint density at radius 2 is 1.93 bits per heavy atom. The number of fused-ring (bicyclic) bond motifs is 1. The standard InChI is InChI=1S/C19H25N3O5/c1-19(2,3)27-18(25)21-10-9-14(12(11-21)16(23)26-4)22-15-8-6-5-7-13(15)20-17(22)24/h5-8,12,14H,9-11H2,1-4H3,(H,20,24)/t12-,14-/m1/s1. The summed E-state index contributed by atoms with van der Waals surface area (Å²) in [4.78, 5) is 41.7. The minimum atomic E-state index is -0.659. The number of nitrogens with zero attached hydrogens (tertiary/aromatic N) is 2. The lowest BCUT2D eigenvalue weighted by atomic mass is 9.91. The van der Waals surface area contributed by atoms with E-state index in [1.165, 1.54) is 12.0 Å². The number of aromatic amines is 1. The Balaban J connectivity index is 1.92. The summed E-state index contributed by atoms with van der Waals surface area (Å²) >= 11 is 0. The van der Waals surface area contributed by atoms with Crippen LogP contribution in [0.5, 0.6) is 0 Å². The van der Waals surface area contributed by atoms with Gasteiger partial charge in [0.05, 0.1) is 30.1 Å². The molecule has 0 radical (unpaired) electrons. The number of amides is 1. The lowest BCUT2D eigenvalue weighted by Crippen LogP contribution is -2.49. The molecular weight excluding hydrogens is 350 g/mol. The molecule has 2 heterocycles. The monoisotopic (exact) mass is 375 g/mol. The second-order valence-corrected chi connectivity index (χ2v) is 7.73. The number of benzene rings is 1. The van der Waals surface area contributed by atoms with Crippen molar-refractivity contribution in [3.05, 3.63) is 34.7 Å². The first-order valence-electron chi connectivity index (χ1n) is 8.96. The van der Waals surface area contributed by atoms with Crippen LogP contribution in [-0.4, -0.2) is 52.3 Å². The van der Waals surface area contributed by atoms with Gasteiger partial charge in [-0.15, -0.1) is 0 Å². The molecule has 1 saturated heterocycles. The zero-order chi connectivity index (χ0) is 19.8. The molecule has 27 heavy (non-hydrogen) atoms. The SMILES string of the molecule is COC(=O)[C@@H]1CN(C(=O)OC(C)(C)C)CC[C@H]1n1c(=O)[nH]c2ccccc21. The third-order valence-corrected chi connectivity index (χ3v) is 4.69. The molecule has 1 aromatic carbocycles. The molecular formula is C19H25N3O5. The average molecular weight is 375 g/mol. The molecule has 2 aromatic rings. The number of para-hydroxylation sites is 2. The van der Waals surface area contributed by atoms with Crippen LogP contribution in [0.25, 0.3) is 11.0 Å². The molecule has 1 amide bonds. The van der Waals surface area contributed by atoms with Gasteiger partial charge in [-0.05, 0) is 39.3 Å². The fourth-order valence-corrected chi connectivity index (χ4v) is 3.53. The number of esters is 1. The molecule has 1 fully saturated rings. The lowest BCUT2D eigenvalue weighted by Gasteiger charge is -2.38. The summed E-state index contributed by atoms with van der Waals surface area (Å²) in [5.41, 5.74) is 0.538. The van der Waals surface area contributed by atoms with Gasteiger partial charge in [0.2, 0.25) is 0 Å². The highest BCUT2D eigenvalue weighted by Gasteiger charge is 2.40. The van der Waals surface area contributed by atoms with Crippen LogP contribution in [-0.2, 0) is 14.3 Å². The highest BCUT2D eigenvalue weighted by Crippen LogP contribution is 2.31. The minimum absolute atomic E-state index is 0.137. The molecule has 3 rings (SSSR count). The number of carbonyl (C=O) groups excluding carboxylic acids is 2. The van der Waals surface area contributed by atoms with Crippen molar-refractivity contribution in [3.8, 4) is 0 Å². The topological polar surface area (TPSA) is 93.6 Å². The summed E-state index contributed by atoms with van der Waals surface area (Å²) in [5, 5.41) is 0. The molecule has 8 nitrogen and oxygen atoms in total. The first-order valence-corrected chi connectivity index (χ1v) is 8.96. The van der Waals surface area contributed by atoms with E-state index in [0.29, 0.717) is 18.5 Å². The zero-order valence-corrected chi connectivity index (χ0v) is 16.0. The predicted molar refractivity (Wildman–Crippen MR) is 99.5 cm³/mol. The van der Waals surface area contributed by atoms with E-state index in [1.807, 2.05) is 24.3 Å². The van der Waals surface area contributed by atoms with Crippen molar-refractivity contribution < 1.29 is 19.1 Å². The summed E-state index contributed by atoms with van der Waals surface area (Å²) in [6.45, 7) is 5.90. The molecule has 146 valence electrons. The second kappa shape index (κ2) is 7.09. The van der Waals surface area contributed by atoms with Gasteiger partial charge in [-0.1, -0.05) is 12.1 Å². The van der Waals surface area contributed by atoms with Gasteiger partial charge in [0.1, 0.15) is 5.60 Å². The maximum Gasteiger partial charge on any atom is 0.410 e. The van der Waals surface area contributed by atoms with Gasteiger partial charge in [-0.25, -0.2) is 9.59 Å². The summed E-state index contributed by atoms with van der Waals surface area (Å²) in [6.07, 6.45) is -0.0260. The normalized spacial score (nSPS) is 20.5. The van der Waals surface area contributed by atoms with E-state index in [9.17, 15) is 14.4 Å². The van der Waals surface area contributed by atoms with E-state index in [1.54, 1.807) is 25.3 Å². The average Bonchev–Trinajstić information content (AvgIpc) is 2.94. The fraction of sp³-hybridized carbons (Fsp3) is 0.526. The van der Waals surface area contributed by atoms with Crippen molar-refractivity contribution in [2.75, 3.05) is 20.2 Å². The number of hydrogen-bond donors (Lipinski definition) is 1. The number of likely N-dealkylation sites (tertiary alicyclic amines) is 1. The number of H-pyrrole nitrogens is 1. The second-order valence-electron chi connectivity index (χ2n) is 7.73. The van der Waals surface area contributed by atoms with Crippen molar-refractivity contribution in [3.63, 3.8) is 0 Å². The Kier molecular flexibility index (Phi) is 4.99. The lowest BCUT2D eigenvalue weighted by molar-refractivity contribution is -0.149. The highest BCUT2D eigenvalue weighted by molar-refractivity contribution is 5.78. The first kappa shape index (κ1) is 19.0. The molecule has 1 N–H and O–H groups in total. The molecule has 8 heteroatoms. The zero-order valence-electron chi connectivity index (χ0n) is 16.0. The molecule has 2 atom stereocenters. The Hall–Kier alpha value is -2.77. The first-order chi connectivity index (χ1) is 12.7. The molecule has 1 aliphatic heterocycles. The van der Waals surface area contributed by atoms with E-state index < -0.39 is 29.6 Å². The van der Waals surface area contributed by atoms with Crippen molar-refractivity contribution in [2.45, 2.75) is 38.8 Å². The van der Waals surface area contributed by atoms with Gasteiger partial charge in [0.15, 0.2) is 0 Å². The summed E-state index contributed by atoms with van der Waals surface area (Å²) < 4.78 is 12.0. The number of rotatable bonds is 2. The van der Waals surface area contributed by atoms with Gasteiger partial charge in [0, 0.05) is 13.1 Å². The van der Waals surface area contributed by atoms with Crippen LogP contribution in [0, 0.1) is 5.92 Å². The van der Waals surface area contributed by atoms with Crippen molar-refractivity contribution in [1.29, 1.82) is 0 Å². The number of aromatic nitrogens is 2. The number of methoxy groups -OCH3 is 1. The Morgan fingerprint density at radius 3 is 2.59 bits per heavy atom. The largest absolute Gasteiger partial charge is 0.469 e. The Morgan fingerprint density at radius 1 is 1.22 bits per heavy atom. The highest BCUT2D eigenvalue weighted by atomic mass is 16.6. The molecule has 0 spiro atoms. The van der Waals surface area contributed by atoms with Gasteiger partial charge < -0.3 is 19.4 Å². The smallest absolute Gasteiger partial charge is 0.410 e. The quantitative estimate of drug-likeness (QED) is 0.813. The van der Waals surface area contributed by atoms with Crippen LogP contribution in [0.3, 0.4) is 0 Å². The van der Waals surface area contributed by atoms with Gasteiger partial charge in [-0.3, -0.25) is 9.36 Å². The molecule has 0 bridgehead atoms. The van der Waals surface area contributed by atoms with E-state index >= 15 is 0 Å². The van der Waals surface area contributed by atoms with Crippen LogP contribution < -0.4 is 5.69 Å². The molecule has 0 aliphatic carbocycles. The molecule has 0 saturated carbocycles. The summed E-state index contributed by atoms with van der Waals surface area (Å²) in [5.74, 6) is -1.11. The van der Waals surface area contributed by atoms with E-state index in [2.05, 4.69) is 4.98 Å². The third kappa shape index (κ3) is 3.84. The van der Waals surface area contributed by atoms with Gasteiger partial charge >= 0.3 is 17.8 Å². The number of hydrogen-bond acceptors (Lipinski definition) is 5. The maximum absolute atomic E-state index is 12.5. The van der Waals surface area contributed by atoms with Crippen molar-refractivity contribution in [2.24, 2.45) is 5.92 Å². The number of carbonyl (C=O) groups is 2. The van der Waals surface area contributed by atoms with Crippen LogP contribution in [0.4, 0.5) is 4.79 Å².